The van der Waals surface area contributed by atoms with Gasteiger partial charge in [0.1, 0.15) is 11.7 Å². The lowest BCUT2D eigenvalue weighted by Gasteiger charge is -2.15. The van der Waals surface area contributed by atoms with Crippen molar-refractivity contribution in [3.8, 4) is 5.75 Å². The first-order chi connectivity index (χ1) is 14.7. The number of benzene rings is 3. The number of carbonyl (C=O) groups is 2. The molecule has 6 heteroatoms. The molecule has 1 aliphatic rings. The number of hydrazone groups is 1. The normalized spacial score (nSPS) is 18.5. The van der Waals surface area contributed by atoms with Gasteiger partial charge in [0.15, 0.2) is 0 Å². The van der Waals surface area contributed by atoms with Crippen molar-refractivity contribution in [2.75, 3.05) is 13.2 Å². The number of ether oxygens (including phenoxy) is 1. The molecule has 3 aromatic rings. The van der Waals surface area contributed by atoms with Crippen molar-refractivity contribution in [1.82, 2.24) is 10.7 Å². The molecule has 152 valence electrons. The van der Waals surface area contributed by atoms with Crippen molar-refractivity contribution in [3.05, 3.63) is 77.9 Å². The van der Waals surface area contributed by atoms with Gasteiger partial charge in [-0.15, -0.1) is 0 Å². The minimum absolute atomic E-state index is 0.217. The Hall–Kier alpha value is -3.67. The van der Waals surface area contributed by atoms with Crippen LogP contribution in [-0.4, -0.2) is 31.2 Å². The molecule has 0 radical (unpaired) electrons. The fourth-order valence-corrected chi connectivity index (χ4v) is 3.85. The number of hydrogen-bond acceptors (Lipinski definition) is 4. The smallest absolute Gasteiger partial charge is 0.253 e. The number of fused-ring (bicyclic) bond motifs is 1. The molecule has 2 N–H and O–H groups in total. The third-order valence-electron chi connectivity index (χ3n) is 5.29. The van der Waals surface area contributed by atoms with E-state index in [1.807, 2.05) is 73.7 Å². The van der Waals surface area contributed by atoms with Crippen LogP contribution in [0.15, 0.2) is 71.8 Å². The van der Waals surface area contributed by atoms with Crippen LogP contribution in [0, 0.1) is 5.92 Å². The molecule has 1 saturated heterocycles. The lowest BCUT2D eigenvalue weighted by atomic mass is 9.88. The summed E-state index contributed by atoms with van der Waals surface area (Å²) in [5, 5.41) is 8.97. The van der Waals surface area contributed by atoms with Crippen LogP contribution in [0.4, 0.5) is 0 Å². The summed E-state index contributed by atoms with van der Waals surface area (Å²) in [4.78, 5) is 25.1. The summed E-state index contributed by atoms with van der Waals surface area (Å²) in [6.07, 6.45) is 1.58. The van der Waals surface area contributed by atoms with E-state index in [9.17, 15) is 9.59 Å². The predicted octanol–water partition coefficient (Wildman–Crippen LogP) is 3.22. The first-order valence-corrected chi connectivity index (χ1v) is 9.99. The average molecular weight is 401 g/mol. The maximum Gasteiger partial charge on any atom is 0.253 e. The highest BCUT2D eigenvalue weighted by molar-refractivity contribution is 6.05. The Labute approximate surface area is 174 Å². The summed E-state index contributed by atoms with van der Waals surface area (Å²) in [5.41, 5.74) is 4.29. The van der Waals surface area contributed by atoms with Crippen molar-refractivity contribution in [1.29, 1.82) is 0 Å². The summed E-state index contributed by atoms with van der Waals surface area (Å²) >= 11 is 0. The molecule has 3 aromatic carbocycles. The van der Waals surface area contributed by atoms with E-state index in [0.717, 1.165) is 21.9 Å². The van der Waals surface area contributed by atoms with Gasteiger partial charge in [-0.05, 0) is 29.3 Å². The second kappa shape index (κ2) is 8.78. The van der Waals surface area contributed by atoms with Gasteiger partial charge in [0.2, 0.25) is 5.91 Å². The molecule has 30 heavy (non-hydrogen) atoms. The average Bonchev–Trinajstić information content (AvgIpc) is 3.17. The van der Waals surface area contributed by atoms with Crippen LogP contribution in [0.3, 0.4) is 0 Å². The SMILES string of the molecule is CCOc1ccc2ccccc2c1/C=N\NC(=O)C1C(=O)NCC1c1ccccc1. The predicted molar refractivity (Wildman–Crippen MR) is 117 cm³/mol. The van der Waals surface area contributed by atoms with Gasteiger partial charge in [-0.2, -0.15) is 5.10 Å². The Bertz CT molecular complexity index is 1100. The van der Waals surface area contributed by atoms with Crippen LogP contribution < -0.4 is 15.5 Å². The van der Waals surface area contributed by atoms with Crippen molar-refractivity contribution in [2.45, 2.75) is 12.8 Å². The molecule has 0 bridgehead atoms. The minimum Gasteiger partial charge on any atom is -0.493 e. The Morgan fingerprint density at radius 2 is 1.90 bits per heavy atom. The summed E-state index contributed by atoms with van der Waals surface area (Å²) in [6.45, 7) is 2.87. The number of rotatable bonds is 6. The molecule has 1 fully saturated rings. The fourth-order valence-electron chi connectivity index (χ4n) is 3.85. The number of hydrogen-bond donors (Lipinski definition) is 2. The highest BCUT2D eigenvalue weighted by atomic mass is 16.5. The van der Waals surface area contributed by atoms with E-state index >= 15 is 0 Å². The summed E-state index contributed by atoms with van der Waals surface area (Å²) in [5.74, 6) is -1.05. The monoisotopic (exact) mass is 401 g/mol. The zero-order valence-corrected chi connectivity index (χ0v) is 16.7. The molecular weight excluding hydrogens is 378 g/mol. The Kier molecular flexibility index (Phi) is 5.75. The number of amides is 2. The highest BCUT2D eigenvalue weighted by Gasteiger charge is 2.40. The standard InChI is InChI=1S/C24H23N3O3/c1-2-30-21-13-12-17-10-6-7-11-18(17)20(21)15-26-27-24(29)22-19(14-25-23(22)28)16-8-4-3-5-9-16/h3-13,15,19,22H,2,14H2,1H3,(H,25,28)(H,27,29)/b26-15-. The number of nitrogens with one attached hydrogen (secondary N) is 2. The van der Waals surface area contributed by atoms with Gasteiger partial charge in [-0.3, -0.25) is 9.59 Å². The molecule has 1 heterocycles. The molecule has 2 atom stereocenters. The fraction of sp³-hybridized carbons (Fsp3) is 0.208. The third-order valence-corrected chi connectivity index (χ3v) is 5.29. The van der Waals surface area contributed by atoms with Gasteiger partial charge in [0.25, 0.3) is 5.91 Å². The van der Waals surface area contributed by atoms with Gasteiger partial charge in [0, 0.05) is 18.0 Å². The number of carbonyl (C=O) groups excluding carboxylic acids is 2. The van der Waals surface area contributed by atoms with E-state index in [2.05, 4.69) is 15.8 Å². The van der Waals surface area contributed by atoms with Crippen molar-refractivity contribution in [2.24, 2.45) is 11.0 Å². The molecule has 2 amide bonds. The van der Waals surface area contributed by atoms with E-state index in [1.165, 1.54) is 0 Å². The summed E-state index contributed by atoms with van der Waals surface area (Å²) in [6, 6.07) is 21.4. The Morgan fingerprint density at radius 1 is 1.13 bits per heavy atom. The van der Waals surface area contributed by atoms with Crippen LogP contribution in [0.1, 0.15) is 24.0 Å². The van der Waals surface area contributed by atoms with Gasteiger partial charge in [-0.25, -0.2) is 5.43 Å². The van der Waals surface area contributed by atoms with Crippen LogP contribution >= 0.6 is 0 Å². The Morgan fingerprint density at radius 3 is 2.70 bits per heavy atom. The van der Waals surface area contributed by atoms with Crippen molar-refractivity contribution in [3.63, 3.8) is 0 Å². The molecule has 1 aliphatic heterocycles. The topological polar surface area (TPSA) is 79.8 Å². The van der Waals surface area contributed by atoms with Crippen LogP contribution in [0.2, 0.25) is 0 Å². The maximum atomic E-state index is 12.8. The molecule has 0 spiro atoms. The van der Waals surface area contributed by atoms with Crippen LogP contribution in [0.25, 0.3) is 10.8 Å². The minimum atomic E-state index is -0.816. The lowest BCUT2D eigenvalue weighted by Crippen LogP contribution is -2.34. The second-order valence-corrected chi connectivity index (χ2v) is 7.11. The van der Waals surface area contributed by atoms with E-state index in [1.54, 1.807) is 6.21 Å². The van der Waals surface area contributed by atoms with E-state index in [-0.39, 0.29) is 11.8 Å². The zero-order chi connectivity index (χ0) is 20.9. The maximum absolute atomic E-state index is 12.8. The van der Waals surface area contributed by atoms with Gasteiger partial charge < -0.3 is 10.1 Å². The third kappa shape index (κ3) is 3.89. The van der Waals surface area contributed by atoms with Crippen LogP contribution in [0.5, 0.6) is 5.75 Å². The van der Waals surface area contributed by atoms with E-state index < -0.39 is 11.8 Å². The van der Waals surface area contributed by atoms with Crippen molar-refractivity contribution >= 4 is 28.8 Å². The molecule has 0 saturated carbocycles. The van der Waals surface area contributed by atoms with E-state index in [4.69, 9.17) is 4.74 Å². The first-order valence-electron chi connectivity index (χ1n) is 9.99. The summed E-state index contributed by atoms with van der Waals surface area (Å²) in [7, 11) is 0. The summed E-state index contributed by atoms with van der Waals surface area (Å²) < 4.78 is 5.73. The molecular formula is C24H23N3O3. The highest BCUT2D eigenvalue weighted by Crippen LogP contribution is 2.29. The van der Waals surface area contributed by atoms with Crippen molar-refractivity contribution < 1.29 is 14.3 Å². The lowest BCUT2D eigenvalue weighted by molar-refractivity contribution is -0.133. The Balaban J connectivity index is 1.56. The van der Waals surface area contributed by atoms with Gasteiger partial charge >= 0.3 is 0 Å². The molecule has 4 rings (SSSR count). The van der Waals surface area contributed by atoms with Gasteiger partial charge in [0.05, 0.1) is 12.8 Å². The van der Waals surface area contributed by atoms with Crippen LogP contribution in [-0.2, 0) is 9.59 Å². The number of nitrogens with zero attached hydrogens (tertiary/aromatic N) is 1. The first kappa shape index (κ1) is 19.6. The molecule has 6 nitrogen and oxygen atoms in total. The van der Waals surface area contributed by atoms with Gasteiger partial charge in [-0.1, -0.05) is 60.7 Å². The largest absolute Gasteiger partial charge is 0.493 e. The molecule has 0 aliphatic carbocycles. The quantitative estimate of drug-likeness (QED) is 0.378. The second-order valence-electron chi connectivity index (χ2n) is 7.11. The van der Waals surface area contributed by atoms with E-state index in [0.29, 0.717) is 18.9 Å². The molecule has 0 aromatic heterocycles. The zero-order valence-electron chi connectivity index (χ0n) is 16.7. The molecule has 2 unspecified atom stereocenters.